The van der Waals surface area contributed by atoms with E-state index in [-0.39, 0.29) is 48.7 Å². The van der Waals surface area contributed by atoms with Gasteiger partial charge < -0.3 is 25.2 Å². The van der Waals surface area contributed by atoms with Crippen molar-refractivity contribution < 1.29 is 23.9 Å². The van der Waals surface area contributed by atoms with Gasteiger partial charge in [-0.25, -0.2) is 0 Å². The number of nitriles is 1. The van der Waals surface area contributed by atoms with Crippen LogP contribution in [0.15, 0.2) is 42.5 Å². The molecule has 3 aliphatic rings. The fraction of sp³-hybridized carbons (Fsp3) is 0.585. The monoisotopic (exact) mass is 712 g/mol. The van der Waals surface area contributed by atoms with Gasteiger partial charge in [-0.3, -0.25) is 24.1 Å². The molecular weight excluding hydrogens is 656 g/mol. The maximum Gasteiger partial charge on any atom is 0.251 e. The van der Waals surface area contributed by atoms with E-state index < -0.39 is 11.1 Å². The zero-order valence-electron chi connectivity index (χ0n) is 31.8. The fourth-order valence-electron chi connectivity index (χ4n) is 7.90. The maximum atomic E-state index is 13.2. The minimum absolute atomic E-state index is 0.0548. The van der Waals surface area contributed by atoms with Gasteiger partial charge >= 0.3 is 0 Å². The van der Waals surface area contributed by atoms with E-state index in [1.807, 2.05) is 80.0 Å². The fourth-order valence-corrected chi connectivity index (χ4v) is 7.90. The molecule has 2 fully saturated rings. The third-order valence-corrected chi connectivity index (χ3v) is 10.8. The van der Waals surface area contributed by atoms with Crippen LogP contribution >= 0.6 is 0 Å². The van der Waals surface area contributed by atoms with Crippen LogP contribution in [0.3, 0.4) is 0 Å². The van der Waals surface area contributed by atoms with Gasteiger partial charge in [-0.15, -0.1) is 0 Å². The summed E-state index contributed by atoms with van der Waals surface area (Å²) in [6.45, 7) is 14.6. The van der Waals surface area contributed by atoms with E-state index in [1.165, 1.54) is 0 Å². The van der Waals surface area contributed by atoms with Gasteiger partial charge in [0.05, 0.1) is 30.4 Å². The topological polar surface area (TPSA) is 135 Å². The van der Waals surface area contributed by atoms with Crippen molar-refractivity contribution in [3.63, 3.8) is 0 Å². The Morgan fingerprint density at radius 3 is 2.31 bits per heavy atom. The minimum Gasteiger partial charge on any atom is -0.371 e. The van der Waals surface area contributed by atoms with Gasteiger partial charge in [0.1, 0.15) is 6.42 Å². The number of nitrogens with one attached hydrogen (secondary N) is 2. The number of rotatable bonds is 12. The lowest BCUT2D eigenvalue weighted by molar-refractivity contribution is -0.132. The van der Waals surface area contributed by atoms with Crippen LogP contribution in [0.25, 0.3) is 11.1 Å². The number of hydrogen-bond acceptors (Lipinski definition) is 7. The summed E-state index contributed by atoms with van der Waals surface area (Å²) in [5, 5.41) is 15.1. The molecular formula is C41H56N6O5. The highest BCUT2D eigenvalue weighted by molar-refractivity contribution is 5.96. The summed E-state index contributed by atoms with van der Waals surface area (Å²) in [4.78, 5) is 56.7. The molecule has 2 aromatic rings. The molecule has 11 heteroatoms. The third kappa shape index (κ3) is 9.78. The molecule has 5 rings (SSSR count). The van der Waals surface area contributed by atoms with E-state index in [0.717, 1.165) is 80.5 Å². The summed E-state index contributed by atoms with van der Waals surface area (Å²) in [6.07, 6.45) is 5.64. The number of carbonyl (C=O) groups is 4. The van der Waals surface area contributed by atoms with Crippen LogP contribution in [0, 0.1) is 17.2 Å². The number of ether oxygens (including phenoxy) is 1. The molecule has 3 heterocycles. The van der Waals surface area contributed by atoms with Gasteiger partial charge in [0, 0.05) is 43.3 Å². The molecule has 0 aromatic heterocycles. The Balaban J connectivity index is 1.04. The second kappa shape index (κ2) is 16.6. The van der Waals surface area contributed by atoms with Crippen molar-refractivity contribution in [2.45, 2.75) is 110 Å². The number of hydrogen-bond donors (Lipinski definition) is 2. The number of anilines is 1. The van der Waals surface area contributed by atoms with Gasteiger partial charge in [0.15, 0.2) is 0 Å². The zero-order valence-corrected chi connectivity index (χ0v) is 31.8. The van der Waals surface area contributed by atoms with Gasteiger partial charge in [0.2, 0.25) is 17.7 Å². The predicted octanol–water partition coefficient (Wildman–Crippen LogP) is 5.08. The molecule has 2 saturated heterocycles. The largest absolute Gasteiger partial charge is 0.371 e. The Morgan fingerprint density at radius 2 is 1.63 bits per heavy atom. The zero-order chi connectivity index (χ0) is 37.6. The number of benzene rings is 2. The molecule has 0 saturated carbocycles. The van der Waals surface area contributed by atoms with Gasteiger partial charge in [0.25, 0.3) is 5.91 Å². The number of carbonyl (C=O) groups excluding carboxylic acids is 4. The summed E-state index contributed by atoms with van der Waals surface area (Å²) in [5.41, 5.74) is 3.44. The van der Waals surface area contributed by atoms with Crippen LogP contribution in [0.5, 0.6) is 0 Å². The first-order valence-corrected chi connectivity index (χ1v) is 18.8. The van der Waals surface area contributed by atoms with E-state index in [9.17, 15) is 19.2 Å². The average molecular weight is 713 g/mol. The molecule has 0 radical (unpaired) electrons. The van der Waals surface area contributed by atoms with Crippen molar-refractivity contribution in [3.8, 4) is 17.2 Å². The van der Waals surface area contributed by atoms with E-state index in [4.69, 9.17) is 10.00 Å². The van der Waals surface area contributed by atoms with Crippen LogP contribution < -0.4 is 15.5 Å². The number of amides is 4. The SMILES string of the molecule is CC(=O)N1c2ccc(-c3ccc(C(=O)NC(C)(C)COC(C)(C)CNC(=O)CN4CCC(C5CCCN5C(=O)CC#N)CC4)cc3)cc2CC[C@@H]1C. The molecule has 0 bridgehead atoms. The molecule has 2 aromatic carbocycles. The van der Waals surface area contributed by atoms with Crippen molar-refractivity contribution in [2.24, 2.45) is 5.92 Å². The lowest BCUT2D eigenvalue weighted by atomic mass is 9.88. The molecule has 4 amide bonds. The Morgan fingerprint density at radius 1 is 0.942 bits per heavy atom. The summed E-state index contributed by atoms with van der Waals surface area (Å²) >= 11 is 0. The first-order valence-electron chi connectivity index (χ1n) is 18.8. The van der Waals surface area contributed by atoms with E-state index in [2.05, 4.69) is 28.5 Å². The standard InChI is InChI=1S/C41H56N6O5/c1-28-9-10-34-24-33(15-16-36(34)47(28)29(2)48)30-11-13-32(14-12-30)39(51)44-40(3,4)27-52-41(5,6)26-43-37(49)25-45-22-18-31(19-23-45)35-8-7-21-46(35)38(50)17-20-42/h11-16,24,28,31,35H,7-10,17-19,21-23,25-27H2,1-6H3,(H,43,49)(H,44,51)/t28-,35?/m0/s1. The van der Waals surface area contributed by atoms with Gasteiger partial charge in [-0.2, -0.15) is 5.26 Å². The Hall–Kier alpha value is -4.27. The molecule has 1 unspecified atom stereocenters. The normalized spacial score (nSPS) is 19.9. The van der Waals surface area contributed by atoms with Gasteiger partial charge in [-0.05, 0) is 133 Å². The second-order valence-corrected chi connectivity index (χ2v) is 16.1. The lowest BCUT2D eigenvalue weighted by Crippen LogP contribution is -2.51. The van der Waals surface area contributed by atoms with Crippen LogP contribution in [0.2, 0.25) is 0 Å². The average Bonchev–Trinajstić information content (AvgIpc) is 3.60. The number of likely N-dealkylation sites (tertiary alicyclic amines) is 2. The highest BCUT2D eigenvalue weighted by Gasteiger charge is 2.36. The molecule has 3 aliphatic heterocycles. The first-order chi connectivity index (χ1) is 24.7. The van der Waals surface area contributed by atoms with Crippen LogP contribution in [0.4, 0.5) is 5.69 Å². The lowest BCUT2D eigenvalue weighted by Gasteiger charge is -2.38. The molecule has 2 N–H and O–H groups in total. The molecule has 2 atom stereocenters. The summed E-state index contributed by atoms with van der Waals surface area (Å²) in [7, 11) is 0. The molecule has 0 aliphatic carbocycles. The van der Waals surface area contributed by atoms with Crippen LogP contribution in [-0.2, 0) is 25.5 Å². The van der Waals surface area contributed by atoms with Crippen molar-refractivity contribution in [1.29, 1.82) is 5.26 Å². The number of fused-ring (bicyclic) bond motifs is 1. The molecule has 0 spiro atoms. The molecule has 11 nitrogen and oxygen atoms in total. The molecule has 280 valence electrons. The Kier molecular flexibility index (Phi) is 12.4. The van der Waals surface area contributed by atoms with Crippen molar-refractivity contribution in [2.75, 3.05) is 44.2 Å². The van der Waals surface area contributed by atoms with E-state index >= 15 is 0 Å². The van der Waals surface area contributed by atoms with E-state index in [1.54, 1.807) is 6.92 Å². The number of nitrogens with zero attached hydrogens (tertiary/aromatic N) is 4. The Labute approximate surface area is 309 Å². The second-order valence-electron chi connectivity index (χ2n) is 16.1. The third-order valence-electron chi connectivity index (χ3n) is 10.8. The quantitative estimate of drug-likeness (QED) is 0.314. The van der Waals surface area contributed by atoms with Crippen LogP contribution in [-0.4, -0.2) is 96.0 Å². The summed E-state index contributed by atoms with van der Waals surface area (Å²) < 4.78 is 6.22. The maximum absolute atomic E-state index is 13.2. The van der Waals surface area contributed by atoms with Crippen molar-refractivity contribution >= 4 is 29.3 Å². The highest BCUT2D eigenvalue weighted by atomic mass is 16.5. The first kappa shape index (κ1) is 38.9. The van der Waals surface area contributed by atoms with E-state index in [0.29, 0.717) is 24.6 Å². The number of piperidine rings is 1. The van der Waals surface area contributed by atoms with Gasteiger partial charge in [-0.1, -0.05) is 18.2 Å². The van der Waals surface area contributed by atoms with Crippen molar-refractivity contribution in [3.05, 3.63) is 53.6 Å². The van der Waals surface area contributed by atoms with Crippen molar-refractivity contribution in [1.82, 2.24) is 20.4 Å². The predicted molar refractivity (Wildman–Crippen MR) is 202 cm³/mol. The summed E-state index contributed by atoms with van der Waals surface area (Å²) in [6, 6.07) is 16.1. The smallest absolute Gasteiger partial charge is 0.251 e. The summed E-state index contributed by atoms with van der Waals surface area (Å²) in [5.74, 6) is 0.156. The van der Waals surface area contributed by atoms with Crippen LogP contribution in [0.1, 0.15) is 96.0 Å². The minimum atomic E-state index is -0.659. The number of aryl methyl sites for hydroxylation is 1. The molecule has 52 heavy (non-hydrogen) atoms. The highest BCUT2D eigenvalue weighted by Crippen LogP contribution is 2.35. The Bertz CT molecular complexity index is 1660.